The van der Waals surface area contributed by atoms with Crippen molar-refractivity contribution >= 4 is 28.2 Å². The van der Waals surface area contributed by atoms with Crippen LogP contribution < -0.4 is 5.32 Å². The highest BCUT2D eigenvalue weighted by molar-refractivity contribution is 7.17. The molecule has 150 valence electrons. The predicted molar refractivity (Wildman–Crippen MR) is 108 cm³/mol. The van der Waals surface area contributed by atoms with Gasteiger partial charge in [-0.15, -0.1) is 11.3 Å². The number of morpholine rings is 1. The minimum Gasteiger partial charge on any atom is -0.378 e. The van der Waals surface area contributed by atoms with E-state index in [2.05, 4.69) is 17.3 Å². The molecule has 4 rings (SSSR count). The van der Waals surface area contributed by atoms with E-state index in [1.54, 1.807) is 28.3 Å². The van der Waals surface area contributed by atoms with Crippen molar-refractivity contribution in [3.63, 3.8) is 0 Å². The van der Waals surface area contributed by atoms with Crippen LogP contribution in [0.5, 0.6) is 0 Å². The standard InChI is InChI=1S/C20H26N4O3S/c1-3-24-7-6-15(22-24)18(25)21-19-17(20(26)23-8-10-27-11-9-23)14-5-4-13(2)12-16(14)28-19/h6-7,13H,3-5,8-12H2,1-2H3,(H,21,25). The van der Waals surface area contributed by atoms with Crippen LogP contribution in [-0.2, 0) is 24.1 Å². The number of anilines is 1. The van der Waals surface area contributed by atoms with Crippen LogP contribution >= 0.6 is 11.3 Å². The van der Waals surface area contributed by atoms with Crippen LogP contribution in [-0.4, -0.2) is 52.8 Å². The van der Waals surface area contributed by atoms with E-state index in [-0.39, 0.29) is 11.8 Å². The van der Waals surface area contributed by atoms with Gasteiger partial charge in [-0.3, -0.25) is 14.3 Å². The number of hydrogen-bond donors (Lipinski definition) is 1. The molecule has 0 spiro atoms. The third-order valence-corrected chi connectivity index (χ3v) is 6.62. The predicted octanol–water partition coefficient (Wildman–Crippen LogP) is 2.81. The molecule has 0 aromatic carbocycles. The van der Waals surface area contributed by atoms with E-state index >= 15 is 0 Å². The number of carbonyl (C=O) groups is 2. The summed E-state index contributed by atoms with van der Waals surface area (Å²) in [7, 11) is 0. The topological polar surface area (TPSA) is 76.5 Å². The Hall–Kier alpha value is -2.19. The summed E-state index contributed by atoms with van der Waals surface area (Å²) in [6.45, 7) is 7.22. The van der Waals surface area contributed by atoms with Gasteiger partial charge < -0.3 is 15.0 Å². The summed E-state index contributed by atoms with van der Waals surface area (Å²) in [4.78, 5) is 29.1. The average molecular weight is 403 g/mol. The van der Waals surface area contributed by atoms with Gasteiger partial charge in [0.1, 0.15) is 5.00 Å². The van der Waals surface area contributed by atoms with E-state index in [4.69, 9.17) is 4.74 Å². The fourth-order valence-corrected chi connectivity index (χ4v) is 5.21. The Balaban J connectivity index is 1.65. The van der Waals surface area contributed by atoms with Gasteiger partial charge in [0.15, 0.2) is 5.69 Å². The second kappa shape index (κ2) is 8.05. The number of aromatic nitrogens is 2. The normalized spacial score (nSPS) is 19.4. The zero-order valence-corrected chi connectivity index (χ0v) is 17.2. The number of ether oxygens (including phenoxy) is 1. The van der Waals surface area contributed by atoms with Gasteiger partial charge >= 0.3 is 0 Å². The summed E-state index contributed by atoms with van der Waals surface area (Å²) in [6, 6.07) is 1.71. The van der Waals surface area contributed by atoms with Crippen molar-refractivity contribution in [2.45, 2.75) is 39.7 Å². The quantitative estimate of drug-likeness (QED) is 0.853. The number of thiophene rings is 1. The van der Waals surface area contributed by atoms with Gasteiger partial charge in [0, 0.05) is 30.7 Å². The van der Waals surface area contributed by atoms with Crippen LogP contribution in [0.1, 0.15) is 51.6 Å². The highest BCUT2D eigenvalue weighted by Gasteiger charge is 2.31. The number of amides is 2. The first-order chi connectivity index (χ1) is 13.6. The van der Waals surface area contributed by atoms with Crippen molar-refractivity contribution in [2.24, 2.45) is 5.92 Å². The molecule has 7 nitrogen and oxygen atoms in total. The van der Waals surface area contributed by atoms with Crippen molar-refractivity contribution in [1.82, 2.24) is 14.7 Å². The number of nitrogens with one attached hydrogen (secondary N) is 1. The van der Waals surface area contributed by atoms with E-state index in [0.717, 1.165) is 24.8 Å². The van der Waals surface area contributed by atoms with Crippen molar-refractivity contribution in [3.8, 4) is 0 Å². The molecule has 2 amide bonds. The molecule has 0 radical (unpaired) electrons. The highest BCUT2D eigenvalue weighted by Crippen LogP contribution is 2.40. The van der Waals surface area contributed by atoms with Gasteiger partial charge in [-0.2, -0.15) is 5.10 Å². The van der Waals surface area contributed by atoms with Crippen LogP contribution in [0.25, 0.3) is 0 Å². The monoisotopic (exact) mass is 402 g/mol. The number of carbonyl (C=O) groups excluding carboxylic acids is 2. The SMILES string of the molecule is CCn1ccc(C(=O)Nc2sc3c(c2C(=O)N2CCOCC2)CCC(C)C3)n1. The number of hydrogen-bond acceptors (Lipinski definition) is 5. The van der Waals surface area contributed by atoms with Gasteiger partial charge in [-0.1, -0.05) is 6.92 Å². The Morgan fingerprint density at radius 2 is 2.14 bits per heavy atom. The minimum absolute atomic E-state index is 0.00439. The number of fused-ring (bicyclic) bond motifs is 1. The zero-order valence-electron chi connectivity index (χ0n) is 16.4. The molecule has 2 aromatic heterocycles. The smallest absolute Gasteiger partial charge is 0.276 e. The lowest BCUT2D eigenvalue weighted by Gasteiger charge is -2.28. The number of nitrogens with zero attached hydrogens (tertiary/aromatic N) is 3. The molecule has 0 bridgehead atoms. The summed E-state index contributed by atoms with van der Waals surface area (Å²) in [5.41, 5.74) is 2.16. The van der Waals surface area contributed by atoms with Gasteiger partial charge in [0.25, 0.3) is 11.8 Å². The summed E-state index contributed by atoms with van der Waals surface area (Å²) in [6.07, 6.45) is 4.71. The highest BCUT2D eigenvalue weighted by atomic mass is 32.1. The Morgan fingerprint density at radius 1 is 1.36 bits per heavy atom. The van der Waals surface area contributed by atoms with Gasteiger partial charge in [0.2, 0.25) is 0 Å². The number of rotatable bonds is 4. The molecule has 1 fully saturated rings. The third-order valence-electron chi connectivity index (χ3n) is 5.45. The van der Waals surface area contributed by atoms with Crippen molar-refractivity contribution < 1.29 is 14.3 Å². The maximum absolute atomic E-state index is 13.3. The van der Waals surface area contributed by atoms with Crippen LogP contribution in [0.4, 0.5) is 5.00 Å². The fraction of sp³-hybridized carbons (Fsp3) is 0.550. The summed E-state index contributed by atoms with van der Waals surface area (Å²) in [5, 5.41) is 7.92. The molecular weight excluding hydrogens is 376 g/mol. The lowest BCUT2D eigenvalue weighted by Crippen LogP contribution is -2.41. The maximum atomic E-state index is 13.3. The van der Waals surface area contributed by atoms with E-state index in [0.29, 0.717) is 55.0 Å². The Bertz CT molecular complexity index is 882. The molecule has 8 heteroatoms. The van der Waals surface area contributed by atoms with Crippen molar-refractivity contribution in [2.75, 3.05) is 31.6 Å². The molecule has 2 aromatic rings. The van der Waals surface area contributed by atoms with E-state index < -0.39 is 0 Å². The van der Waals surface area contributed by atoms with Crippen LogP contribution in [0.15, 0.2) is 12.3 Å². The van der Waals surface area contributed by atoms with Crippen LogP contribution in [0, 0.1) is 5.92 Å². The molecule has 0 saturated carbocycles. The second-order valence-electron chi connectivity index (χ2n) is 7.47. The molecule has 28 heavy (non-hydrogen) atoms. The van der Waals surface area contributed by atoms with Gasteiger partial charge in [0.05, 0.1) is 18.8 Å². The van der Waals surface area contributed by atoms with Crippen molar-refractivity contribution in [3.05, 3.63) is 34.0 Å². The Labute approximate surface area is 168 Å². The van der Waals surface area contributed by atoms with E-state index in [1.807, 2.05) is 11.8 Å². The fourth-order valence-electron chi connectivity index (χ4n) is 3.82. The van der Waals surface area contributed by atoms with Gasteiger partial charge in [-0.05, 0) is 43.7 Å². The lowest BCUT2D eigenvalue weighted by atomic mass is 9.88. The summed E-state index contributed by atoms with van der Waals surface area (Å²) in [5.74, 6) is 0.334. The van der Waals surface area contributed by atoms with Crippen LogP contribution in [0.3, 0.4) is 0 Å². The second-order valence-corrected chi connectivity index (χ2v) is 8.58. The Morgan fingerprint density at radius 3 is 2.86 bits per heavy atom. The molecule has 1 saturated heterocycles. The first-order valence-electron chi connectivity index (χ1n) is 9.93. The summed E-state index contributed by atoms with van der Waals surface area (Å²) >= 11 is 1.55. The zero-order chi connectivity index (χ0) is 19.7. The van der Waals surface area contributed by atoms with Gasteiger partial charge in [-0.25, -0.2) is 0 Å². The largest absolute Gasteiger partial charge is 0.378 e. The molecule has 1 aliphatic carbocycles. The lowest BCUT2D eigenvalue weighted by molar-refractivity contribution is 0.0303. The number of aryl methyl sites for hydroxylation is 1. The molecule has 1 unspecified atom stereocenters. The molecular formula is C20H26N4O3S. The molecule has 1 atom stereocenters. The molecule has 1 N–H and O–H groups in total. The molecule has 2 aliphatic rings. The molecule has 3 heterocycles. The first kappa shape index (κ1) is 19.1. The molecule has 1 aliphatic heterocycles. The van der Waals surface area contributed by atoms with Crippen molar-refractivity contribution in [1.29, 1.82) is 0 Å². The Kier molecular flexibility index (Phi) is 5.50. The van der Waals surface area contributed by atoms with E-state index in [9.17, 15) is 9.59 Å². The first-order valence-corrected chi connectivity index (χ1v) is 10.7. The van der Waals surface area contributed by atoms with Crippen LogP contribution in [0.2, 0.25) is 0 Å². The average Bonchev–Trinajstić information content (AvgIpc) is 3.32. The maximum Gasteiger partial charge on any atom is 0.276 e. The minimum atomic E-state index is -0.269. The third kappa shape index (κ3) is 3.71. The van der Waals surface area contributed by atoms with E-state index in [1.165, 1.54) is 4.88 Å². The summed E-state index contributed by atoms with van der Waals surface area (Å²) < 4.78 is 7.11.